The van der Waals surface area contributed by atoms with Gasteiger partial charge >= 0.3 is 6.03 Å². The summed E-state index contributed by atoms with van der Waals surface area (Å²) in [5.74, 6) is 0.849. The van der Waals surface area contributed by atoms with E-state index in [0.29, 0.717) is 16.3 Å². The number of rotatable bonds is 5. The van der Waals surface area contributed by atoms with E-state index in [9.17, 15) is 9.90 Å². The monoisotopic (exact) mass is 340 g/mol. The molecule has 7 heteroatoms. The topological polar surface area (TPSA) is 85.9 Å². The van der Waals surface area contributed by atoms with E-state index < -0.39 is 18.7 Å². The van der Waals surface area contributed by atoms with Gasteiger partial charge in [0.15, 0.2) is 5.58 Å². The number of hydrogen-bond donors (Lipinski definition) is 3. The third kappa shape index (κ3) is 3.77. The van der Waals surface area contributed by atoms with E-state index in [1.165, 1.54) is 11.9 Å². The van der Waals surface area contributed by atoms with Crippen molar-refractivity contribution in [2.45, 2.75) is 26.4 Å². The number of aliphatic hydroxyl groups excluding tert-OH is 2. The normalized spacial score (nSPS) is 12.4. The first kappa shape index (κ1) is 17.6. The van der Waals surface area contributed by atoms with Gasteiger partial charge in [0.25, 0.3) is 0 Å². The van der Waals surface area contributed by atoms with Gasteiger partial charge in [-0.05, 0) is 24.6 Å². The van der Waals surface area contributed by atoms with Crippen LogP contribution in [0.15, 0.2) is 16.5 Å². The Morgan fingerprint density at radius 1 is 1.48 bits per heavy atom. The number of aryl methyl sites for hydroxylation is 2. The lowest BCUT2D eigenvalue weighted by Crippen LogP contribution is -2.38. The summed E-state index contributed by atoms with van der Waals surface area (Å²) >= 11 is 6.14. The molecule has 2 aromatic rings. The fourth-order valence-corrected chi connectivity index (χ4v) is 2.65. The number of halogens is 1. The van der Waals surface area contributed by atoms with Crippen molar-refractivity contribution in [3.63, 3.8) is 0 Å². The molecule has 1 unspecified atom stereocenters. The molecule has 0 saturated carbocycles. The standard InChI is InChI=1S/C16H21ClN2O4/c1-4-14-9(2)12-5-10(17)6-13(15(12)23-14)18-16(22)19(3)7-11(21)8-20/h5-6,11,20-21H,4,7-8H2,1-3H3,(H,18,22). The van der Waals surface area contributed by atoms with Crippen molar-refractivity contribution >= 4 is 34.3 Å². The van der Waals surface area contributed by atoms with Gasteiger partial charge in [0.1, 0.15) is 5.76 Å². The summed E-state index contributed by atoms with van der Waals surface area (Å²) < 4.78 is 5.84. The lowest BCUT2D eigenvalue weighted by molar-refractivity contribution is 0.0750. The van der Waals surface area contributed by atoms with Gasteiger partial charge in [-0.3, -0.25) is 0 Å². The Labute approximate surface area is 139 Å². The molecule has 0 saturated heterocycles. The van der Waals surface area contributed by atoms with Crippen LogP contribution in [0.4, 0.5) is 10.5 Å². The predicted molar refractivity (Wildman–Crippen MR) is 90.1 cm³/mol. The van der Waals surface area contributed by atoms with Gasteiger partial charge in [0, 0.05) is 23.9 Å². The van der Waals surface area contributed by atoms with Crippen LogP contribution in [0.5, 0.6) is 0 Å². The molecule has 0 radical (unpaired) electrons. The number of anilines is 1. The van der Waals surface area contributed by atoms with Crippen LogP contribution in [0.1, 0.15) is 18.2 Å². The molecule has 6 nitrogen and oxygen atoms in total. The van der Waals surface area contributed by atoms with Crippen molar-refractivity contribution in [1.82, 2.24) is 4.90 Å². The minimum atomic E-state index is -0.984. The van der Waals surface area contributed by atoms with Gasteiger partial charge in [0.05, 0.1) is 24.9 Å². The zero-order valence-corrected chi connectivity index (χ0v) is 14.1. The van der Waals surface area contributed by atoms with E-state index in [1.54, 1.807) is 6.07 Å². The number of fused-ring (bicyclic) bond motifs is 1. The maximum Gasteiger partial charge on any atom is 0.321 e. The molecule has 126 valence electrons. The number of urea groups is 1. The number of carbonyl (C=O) groups is 1. The number of hydrogen-bond acceptors (Lipinski definition) is 4. The van der Waals surface area contributed by atoms with Crippen molar-refractivity contribution in [3.05, 3.63) is 28.5 Å². The second-order valence-electron chi connectivity index (χ2n) is 5.48. The number of aliphatic hydroxyl groups is 2. The van der Waals surface area contributed by atoms with Crippen molar-refractivity contribution in [2.24, 2.45) is 0 Å². The van der Waals surface area contributed by atoms with Gasteiger partial charge in [-0.1, -0.05) is 18.5 Å². The van der Waals surface area contributed by atoms with Crippen LogP contribution in [-0.2, 0) is 6.42 Å². The lowest BCUT2D eigenvalue weighted by Gasteiger charge is -2.20. The number of nitrogens with zero attached hydrogens (tertiary/aromatic N) is 1. The average molecular weight is 341 g/mol. The third-order valence-corrected chi connectivity index (χ3v) is 3.92. The fourth-order valence-electron chi connectivity index (χ4n) is 2.43. The number of furan rings is 1. The zero-order valence-electron chi connectivity index (χ0n) is 13.4. The molecule has 3 N–H and O–H groups in total. The minimum absolute atomic E-state index is 0.0173. The minimum Gasteiger partial charge on any atom is -0.459 e. The van der Waals surface area contributed by atoms with Gasteiger partial charge in [-0.15, -0.1) is 0 Å². The highest BCUT2D eigenvalue weighted by molar-refractivity contribution is 6.32. The molecule has 1 aromatic heterocycles. The molecular weight excluding hydrogens is 320 g/mol. The van der Waals surface area contributed by atoms with Crippen LogP contribution in [0, 0.1) is 6.92 Å². The summed E-state index contributed by atoms with van der Waals surface area (Å²) in [5.41, 5.74) is 2.06. The molecule has 1 atom stereocenters. The Morgan fingerprint density at radius 3 is 2.78 bits per heavy atom. The SMILES string of the molecule is CCc1oc2c(NC(=O)N(C)CC(O)CO)cc(Cl)cc2c1C. The molecule has 2 amide bonds. The van der Waals surface area contributed by atoms with Gasteiger partial charge in [-0.25, -0.2) is 4.79 Å². The smallest absolute Gasteiger partial charge is 0.321 e. The molecule has 1 heterocycles. The fraction of sp³-hybridized carbons (Fsp3) is 0.438. The highest BCUT2D eigenvalue weighted by Crippen LogP contribution is 2.34. The van der Waals surface area contributed by atoms with Gasteiger partial charge in [-0.2, -0.15) is 0 Å². The molecule has 23 heavy (non-hydrogen) atoms. The largest absolute Gasteiger partial charge is 0.459 e. The maximum atomic E-state index is 12.2. The van der Waals surface area contributed by atoms with Gasteiger partial charge < -0.3 is 24.8 Å². The third-order valence-electron chi connectivity index (χ3n) is 3.71. The van der Waals surface area contributed by atoms with Crippen LogP contribution >= 0.6 is 11.6 Å². The molecule has 0 aliphatic carbocycles. The van der Waals surface area contributed by atoms with Crippen molar-refractivity contribution in [3.8, 4) is 0 Å². The average Bonchev–Trinajstić information content (AvgIpc) is 2.83. The van der Waals surface area contributed by atoms with E-state index >= 15 is 0 Å². The zero-order chi connectivity index (χ0) is 17.1. The molecule has 0 spiro atoms. The first-order valence-electron chi connectivity index (χ1n) is 7.39. The summed E-state index contributed by atoms with van der Waals surface area (Å²) in [7, 11) is 1.53. The van der Waals surface area contributed by atoms with Crippen LogP contribution in [0.2, 0.25) is 5.02 Å². The molecule has 0 fully saturated rings. The van der Waals surface area contributed by atoms with Crippen molar-refractivity contribution in [2.75, 3.05) is 25.5 Å². The van der Waals surface area contributed by atoms with Crippen LogP contribution < -0.4 is 5.32 Å². The predicted octanol–water partition coefficient (Wildman–Crippen LogP) is 2.77. The Morgan fingerprint density at radius 2 is 2.17 bits per heavy atom. The summed E-state index contributed by atoms with van der Waals surface area (Å²) in [6.07, 6.45) is -0.239. The molecule has 1 aromatic carbocycles. The number of benzene rings is 1. The quantitative estimate of drug-likeness (QED) is 0.781. The number of likely N-dealkylation sites (N-methyl/N-ethyl adjacent to an activating group) is 1. The van der Waals surface area contributed by atoms with Crippen molar-refractivity contribution < 1.29 is 19.4 Å². The van der Waals surface area contributed by atoms with E-state index in [0.717, 1.165) is 23.1 Å². The molecule has 0 bridgehead atoms. The van der Waals surface area contributed by atoms with E-state index in [-0.39, 0.29) is 6.54 Å². The maximum absolute atomic E-state index is 12.2. The van der Waals surface area contributed by atoms with E-state index in [4.69, 9.17) is 21.1 Å². The Hall–Kier alpha value is -1.76. The van der Waals surface area contributed by atoms with E-state index in [1.807, 2.05) is 19.9 Å². The summed E-state index contributed by atoms with van der Waals surface area (Å²) in [6, 6.07) is 3.01. The van der Waals surface area contributed by atoms with E-state index in [2.05, 4.69) is 5.32 Å². The summed E-state index contributed by atoms with van der Waals surface area (Å²) in [6.45, 7) is 3.56. The Kier molecular flexibility index (Phi) is 5.51. The number of nitrogens with one attached hydrogen (secondary N) is 1. The highest BCUT2D eigenvalue weighted by atomic mass is 35.5. The highest BCUT2D eigenvalue weighted by Gasteiger charge is 2.18. The molecule has 0 aliphatic heterocycles. The second-order valence-corrected chi connectivity index (χ2v) is 5.92. The van der Waals surface area contributed by atoms with Crippen LogP contribution in [0.25, 0.3) is 11.0 Å². The summed E-state index contributed by atoms with van der Waals surface area (Å²) in [4.78, 5) is 13.5. The number of amides is 2. The lowest BCUT2D eigenvalue weighted by atomic mass is 10.1. The molecule has 0 aliphatic rings. The van der Waals surface area contributed by atoms with Crippen molar-refractivity contribution in [1.29, 1.82) is 0 Å². The van der Waals surface area contributed by atoms with Crippen LogP contribution in [0.3, 0.4) is 0 Å². The Balaban J connectivity index is 2.31. The first-order valence-corrected chi connectivity index (χ1v) is 7.77. The molecular formula is C16H21ClN2O4. The number of carbonyl (C=O) groups excluding carboxylic acids is 1. The van der Waals surface area contributed by atoms with Crippen LogP contribution in [-0.4, -0.2) is 47.4 Å². The summed E-state index contributed by atoms with van der Waals surface area (Å²) in [5, 5.41) is 22.4. The molecule has 2 rings (SSSR count). The van der Waals surface area contributed by atoms with Gasteiger partial charge in [0.2, 0.25) is 0 Å². The first-order chi connectivity index (χ1) is 10.9. The second kappa shape index (κ2) is 7.21. The Bertz CT molecular complexity index is 714.